The predicted molar refractivity (Wildman–Crippen MR) is 81.7 cm³/mol. The molecule has 22 heavy (non-hydrogen) atoms. The van der Waals surface area contributed by atoms with Gasteiger partial charge in [0.25, 0.3) is 0 Å². The van der Waals surface area contributed by atoms with Crippen molar-refractivity contribution in [2.75, 3.05) is 5.32 Å². The van der Waals surface area contributed by atoms with Crippen LogP contribution in [0.3, 0.4) is 0 Å². The topological polar surface area (TPSA) is 82.5 Å². The normalized spacial score (nSPS) is 29.5. The number of aryl methyl sites for hydroxylation is 2. The lowest BCUT2D eigenvalue weighted by Gasteiger charge is -2.36. The predicted octanol–water partition coefficient (Wildman–Crippen LogP) is 1.08. The second kappa shape index (κ2) is 5.31. The Labute approximate surface area is 132 Å². The number of rotatable bonds is 1. The highest BCUT2D eigenvalue weighted by Gasteiger charge is 2.44. The molecule has 0 aromatic carbocycles. The molecule has 2 fully saturated rings. The van der Waals surface area contributed by atoms with E-state index in [1.807, 2.05) is 0 Å². The summed E-state index contributed by atoms with van der Waals surface area (Å²) in [4.78, 5) is 32.0. The van der Waals surface area contributed by atoms with Gasteiger partial charge in [-0.3, -0.25) is 14.9 Å². The summed E-state index contributed by atoms with van der Waals surface area (Å²) in [6.45, 7) is 0. The van der Waals surface area contributed by atoms with Crippen LogP contribution < -0.4 is 5.32 Å². The maximum atomic E-state index is 12.5. The highest BCUT2D eigenvalue weighted by Crippen LogP contribution is 2.36. The van der Waals surface area contributed by atoms with Crippen LogP contribution in [-0.2, 0) is 22.4 Å². The zero-order chi connectivity index (χ0) is 15.3. The fraction of sp³-hybridized carbons (Fsp3) is 0.667. The summed E-state index contributed by atoms with van der Waals surface area (Å²) in [6, 6.07) is 0.0154. The fourth-order valence-corrected chi connectivity index (χ4v) is 5.04. The molecule has 2 N–H and O–H groups in total. The third-order valence-electron chi connectivity index (χ3n) is 4.95. The van der Waals surface area contributed by atoms with Gasteiger partial charge in [0, 0.05) is 17.0 Å². The highest BCUT2D eigenvalue weighted by atomic mass is 32.1. The molecule has 3 atom stereocenters. The molecule has 2 amide bonds. The standard InChI is InChI=1S/C15H19N3O3S/c19-10-6-8-4-5-9(7-10)18(8)14(21)13(20)17-15-16-11-2-1-3-12(11)22-15/h8-10,19H,1-7H2,(H,16,17,20)/t8-,9+,10?. The monoisotopic (exact) mass is 321 g/mol. The van der Waals surface area contributed by atoms with E-state index in [0.29, 0.717) is 18.0 Å². The molecule has 2 bridgehead atoms. The van der Waals surface area contributed by atoms with Crippen molar-refractivity contribution in [3.8, 4) is 0 Å². The first-order chi connectivity index (χ1) is 10.6. The Morgan fingerprint density at radius 1 is 1.23 bits per heavy atom. The van der Waals surface area contributed by atoms with Crippen molar-refractivity contribution >= 4 is 28.3 Å². The first-order valence-electron chi connectivity index (χ1n) is 7.92. The number of aliphatic hydroxyl groups is 1. The molecular formula is C15H19N3O3S. The van der Waals surface area contributed by atoms with E-state index in [9.17, 15) is 14.7 Å². The summed E-state index contributed by atoms with van der Waals surface area (Å²) < 4.78 is 0. The van der Waals surface area contributed by atoms with Gasteiger partial charge in [0.15, 0.2) is 5.13 Å². The average Bonchev–Trinajstić information content (AvgIpc) is 3.11. The fourth-order valence-electron chi connectivity index (χ4n) is 3.99. The van der Waals surface area contributed by atoms with Crippen LogP contribution in [0.4, 0.5) is 5.13 Å². The lowest BCUT2D eigenvalue weighted by Crippen LogP contribution is -2.51. The molecule has 3 aliphatic rings. The average molecular weight is 321 g/mol. The first kappa shape index (κ1) is 14.1. The smallest absolute Gasteiger partial charge is 0.315 e. The van der Waals surface area contributed by atoms with Crippen molar-refractivity contribution < 1.29 is 14.7 Å². The molecular weight excluding hydrogens is 302 g/mol. The Morgan fingerprint density at radius 2 is 1.95 bits per heavy atom. The number of hydrogen-bond donors (Lipinski definition) is 2. The second-order valence-electron chi connectivity index (χ2n) is 6.42. The van der Waals surface area contributed by atoms with E-state index in [0.717, 1.165) is 37.8 Å². The quantitative estimate of drug-likeness (QED) is 0.759. The van der Waals surface area contributed by atoms with Gasteiger partial charge in [0.2, 0.25) is 0 Å². The number of aliphatic hydroxyl groups excluding tert-OH is 1. The first-order valence-corrected chi connectivity index (χ1v) is 8.74. The van der Waals surface area contributed by atoms with E-state index in [2.05, 4.69) is 10.3 Å². The molecule has 1 aromatic heterocycles. The largest absolute Gasteiger partial charge is 0.393 e. The molecule has 0 radical (unpaired) electrons. The summed E-state index contributed by atoms with van der Waals surface area (Å²) in [7, 11) is 0. The van der Waals surface area contributed by atoms with Crippen LogP contribution in [0.15, 0.2) is 0 Å². The number of hydrogen-bond acceptors (Lipinski definition) is 5. The summed E-state index contributed by atoms with van der Waals surface area (Å²) in [5.41, 5.74) is 1.06. The van der Waals surface area contributed by atoms with Crippen LogP contribution in [0.25, 0.3) is 0 Å². The molecule has 1 aliphatic carbocycles. The molecule has 3 heterocycles. The molecule has 4 rings (SSSR count). The van der Waals surface area contributed by atoms with Gasteiger partial charge in [-0.05, 0) is 44.9 Å². The van der Waals surface area contributed by atoms with Gasteiger partial charge in [-0.2, -0.15) is 0 Å². The van der Waals surface area contributed by atoms with E-state index in [-0.39, 0.29) is 18.2 Å². The van der Waals surface area contributed by atoms with E-state index in [4.69, 9.17) is 0 Å². The Hall–Kier alpha value is -1.47. The maximum absolute atomic E-state index is 12.5. The molecule has 6 nitrogen and oxygen atoms in total. The van der Waals surface area contributed by atoms with Crippen molar-refractivity contribution in [3.63, 3.8) is 0 Å². The molecule has 0 saturated carbocycles. The van der Waals surface area contributed by atoms with Crippen molar-refractivity contribution in [1.82, 2.24) is 9.88 Å². The number of carbonyl (C=O) groups is 2. The molecule has 7 heteroatoms. The highest BCUT2D eigenvalue weighted by molar-refractivity contribution is 7.16. The second-order valence-corrected chi connectivity index (χ2v) is 7.50. The summed E-state index contributed by atoms with van der Waals surface area (Å²) in [5, 5.41) is 13.0. The van der Waals surface area contributed by atoms with Crippen molar-refractivity contribution in [2.24, 2.45) is 0 Å². The summed E-state index contributed by atoms with van der Waals surface area (Å²) in [6.07, 6.45) is 5.70. The number of fused-ring (bicyclic) bond motifs is 3. The number of nitrogens with one attached hydrogen (secondary N) is 1. The van der Waals surface area contributed by atoms with Crippen molar-refractivity contribution in [2.45, 2.75) is 63.1 Å². The van der Waals surface area contributed by atoms with E-state index in [1.165, 1.54) is 16.2 Å². The molecule has 1 aromatic rings. The number of carbonyl (C=O) groups excluding carboxylic acids is 2. The molecule has 2 aliphatic heterocycles. The van der Waals surface area contributed by atoms with Crippen molar-refractivity contribution in [3.05, 3.63) is 10.6 Å². The lowest BCUT2D eigenvalue weighted by atomic mass is 10.00. The van der Waals surface area contributed by atoms with Gasteiger partial charge in [0.1, 0.15) is 0 Å². The van der Waals surface area contributed by atoms with E-state index < -0.39 is 11.8 Å². The Kier molecular flexibility index (Phi) is 3.41. The molecule has 118 valence electrons. The minimum absolute atomic E-state index is 0.00769. The summed E-state index contributed by atoms with van der Waals surface area (Å²) >= 11 is 1.48. The third kappa shape index (κ3) is 2.32. The SMILES string of the molecule is O=C(Nc1nc2c(s1)CCC2)C(=O)N1[C@@H]2CC[C@H]1CC(O)C2. The minimum atomic E-state index is -0.597. The van der Waals surface area contributed by atoms with Crippen LogP contribution in [-0.4, -0.2) is 45.0 Å². The van der Waals surface area contributed by atoms with Crippen molar-refractivity contribution in [1.29, 1.82) is 0 Å². The Balaban J connectivity index is 1.45. The number of aromatic nitrogens is 1. The Morgan fingerprint density at radius 3 is 2.64 bits per heavy atom. The number of piperidine rings is 1. The number of anilines is 1. The van der Waals surface area contributed by atoms with E-state index in [1.54, 1.807) is 4.90 Å². The van der Waals surface area contributed by atoms with E-state index >= 15 is 0 Å². The maximum Gasteiger partial charge on any atom is 0.315 e. The molecule has 0 spiro atoms. The van der Waals surface area contributed by atoms with Crippen LogP contribution in [0.2, 0.25) is 0 Å². The zero-order valence-electron chi connectivity index (χ0n) is 12.2. The summed E-state index contributed by atoms with van der Waals surface area (Å²) in [5.74, 6) is -1.07. The lowest BCUT2D eigenvalue weighted by molar-refractivity contribution is -0.147. The van der Waals surface area contributed by atoms with Crippen LogP contribution in [0.5, 0.6) is 0 Å². The zero-order valence-corrected chi connectivity index (χ0v) is 13.1. The third-order valence-corrected chi connectivity index (χ3v) is 6.03. The molecule has 2 saturated heterocycles. The van der Waals surface area contributed by atoms with Crippen LogP contribution in [0, 0.1) is 0 Å². The van der Waals surface area contributed by atoms with Gasteiger partial charge >= 0.3 is 11.8 Å². The van der Waals surface area contributed by atoms with Gasteiger partial charge in [-0.15, -0.1) is 11.3 Å². The van der Waals surface area contributed by atoms with Crippen LogP contribution >= 0.6 is 11.3 Å². The van der Waals surface area contributed by atoms with Gasteiger partial charge in [-0.1, -0.05) is 0 Å². The number of thiazole rings is 1. The van der Waals surface area contributed by atoms with Gasteiger partial charge in [0.05, 0.1) is 11.8 Å². The minimum Gasteiger partial charge on any atom is -0.393 e. The molecule has 1 unspecified atom stereocenters. The van der Waals surface area contributed by atoms with Crippen LogP contribution in [0.1, 0.15) is 42.7 Å². The number of nitrogens with zero attached hydrogens (tertiary/aromatic N) is 2. The van der Waals surface area contributed by atoms with Gasteiger partial charge in [-0.25, -0.2) is 4.98 Å². The van der Waals surface area contributed by atoms with Gasteiger partial charge < -0.3 is 10.0 Å². The number of amides is 2. The Bertz CT molecular complexity index is 594.